The van der Waals surface area contributed by atoms with E-state index >= 15 is 0 Å². The Kier molecular flexibility index (Phi) is 4.45. The van der Waals surface area contributed by atoms with Crippen molar-refractivity contribution >= 4 is 28.9 Å². The van der Waals surface area contributed by atoms with Crippen molar-refractivity contribution in [2.45, 2.75) is 12.4 Å². The summed E-state index contributed by atoms with van der Waals surface area (Å²) in [6.45, 7) is 0.530. The zero-order valence-electron chi connectivity index (χ0n) is 9.59. The average molecular weight is 284 g/mol. The molecule has 0 aliphatic heterocycles. The summed E-state index contributed by atoms with van der Waals surface area (Å²) in [6, 6.07) is 12.6. The molecule has 18 heavy (non-hydrogen) atoms. The van der Waals surface area contributed by atoms with Crippen molar-refractivity contribution in [2.75, 3.05) is 5.32 Å². The molecule has 2 aromatic carbocycles. The van der Waals surface area contributed by atoms with Crippen LogP contribution in [0.2, 0.25) is 5.02 Å². The van der Waals surface area contributed by atoms with Gasteiger partial charge in [0.05, 0.1) is 5.02 Å². The van der Waals surface area contributed by atoms with Gasteiger partial charge in [-0.3, -0.25) is 0 Å². The number of anilines is 1. The van der Waals surface area contributed by atoms with Crippen LogP contribution >= 0.6 is 23.2 Å². The fourth-order valence-corrected chi connectivity index (χ4v) is 2.01. The minimum absolute atomic E-state index is 0.139. The Morgan fingerprint density at radius 2 is 1.89 bits per heavy atom. The minimum Gasteiger partial charge on any atom is -0.381 e. The molecule has 2 rings (SSSR count). The molecule has 94 valence electrons. The van der Waals surface area contributed by atoms with E-state index in [2.05, 4.69) is 5.32 Å². The van der Waals surface area contributed by atoms with Crippen molar-refractivity contribution in [3.05, 3.63) is 64.4 Å². The molecule has 0 unspecified atom stereocenters. The molecule has 0 fully saturated rings. The van der Waals surface area contributed by atoms with E-state index in [0.29, 0.717) is 12.4 Å². The van der Waals surface area contributed by atoms with Crippen molar-refractivity contribution in [1.82, 2.24) is 0 Å². The summed E-state index contributed by atoms with van der Waals surface area (Å²) in [5, 5.41) is 3.37. The second-order valence-corrected chi connectivity index (χ2v) is 4.57. The van der Waals surface area contributed by atoms with Crippen LogP contribution in [0.25, 0.3) is 0 Å². The molecular formula is C14H12Cl2FN. The van der Waals surface area contributed by atoms with Crippen LogP contribution in [-0.4, -0.2) is 0 Å². The molecule has 0 bridgehead atoms. The highest BCUT2D eigenvalue weighted by Crippen LogP contribution is 2.19. The topological polar surface area (TPSA) is 12.0 Å². The lowest BCUT2D eigenvalue weighted by Crippen LogP contribution is -2.02. The molecule has 0 saturated heterocycles. The molecule has 0 amide bonds. The molecule has 0 heterocycles. The van der Waals surface area contributed by atoms with Crippen molar-refractivity contribution in [3.8, 4) is 0 Å². The van der Waals surface area contributed by atoms with Crippen molar-refractivity contribution < 1.29 is 4.39 Å². The monoisotopic (exact) mass is 283 g/mol. The third kappa shape index (κ3) is 3.15. The second-order valence-electron chi connectivity index (χ2n) is 3.89. The summed E-state index contributed by atoms with van der Waals surface area (Å²) in [4.78, 5) is 0. The Labute approximate surface area is 116 Å². The van der Waals surface area contributed by atoms with E-state index < -0.39 is 5.82 Å². The van der Waals surface area contributed by atoms with Gasteiger partial charge in [-0.25, -0.2) is 4.39 Å². The number of para-hydroxylation sites is 1. The first-order valence-corrected chi connectivity index (χ1v) is 6.43. The van der Waals surface area contributed by atoms with E-state index in [1.165, 1.54) is 6.07 Å². The fraction of sp³-hybridized carbons (Fsp3) is 0.143. The predicted octanol–water partition coefficient (Wildman–Crippen LogP) is 4.83. The number of halogens is 3. The van der Waals surface area contributed by atoms with E-state index in [-0.39, 0.29) is 5.02 Å². The molecule has 0 aromatic heterocycles. The molecule has 0 radical (unpaired) electrons. The van der Waals surface area contributed by atoms with Gasteiger partial charge in [-0.05, 0) is 29.3 Å². The average Bonchev–Trinajstić information content (AvgIpc) is 2.40. The molecule has 1 nitrogen and oxygen atoms in total. The van der Waals surface area contributed by atoms with Gasteiger partial charge < -0.3 is 5.32 Å². The Balaban J connectivity index is 2.09. The van der Waals surface area contributed by atoms with Crippen molar-refractivity contribution in [3.63, 3.8) is 0 Å². The predicted molar refractivity (Wildman–Crippen MR) is 74.7 cm³/mol. The van der Waals surface area contributed by atoms with Crippen molar-refractivity contribution in [2.24, 2.45) is 0 Å². The highest BCUT2D eigenvalue weighted by molar-refractivity contribution is 6.30. The Morgan fingerprint density at radius 3 is 2.61 bits per heavy atom. The molecule has 2 aromatic rings. The highest BCUT2D eigenvalue weighted by Gasteiger charge is 2.03. The summed E-state index contributed by atoms with van der Waals surface area (Å²) in [5.41, 5.74) is 2.82. The molecule has 0 aliphatic carbocycles. The Morgan fingerprint density at radius 1 is 1.11 bits per heavy atom. The van der Waals surface area contributed by atoms with Gasteiger partial charge in [0.2, 0.25) is 0 Å². The van der Waals surface area contributed by atoms with E-state index in [4.69, 9.17) is 23.2 Å². The fourth-order valence-electron chi connectivity index (χ4n) is 1.66. The second kappa shape index (κ2) is 6.07. The summed E-state index contributed by atoms with van der Waals surface area (Å²) in [5.74, 6) is 0.0413. The SMILES string of the molecule is Fc1cc(CNc2ccccc2CCl)ccc1Cl. The lowest BCUT2D eigenvalue weighted by Gasteiger charge is -2.10. The van der Waals surface area contributed by atoms with Gasteiger partial charge >= 0.3 is 0 Å². The van der Waals surface area contributed by atoms with Crippen LogP contribution in [0, 0.1) is 5.82 Å². The van der Waals surface area contributed by atoms with Crippen LogP contribution in [-0.2, 0) is 12.4 Å². The quantitative estimate of drug-likeness (QED) is 0.793. The Bertz CT molecular complexity index is 543. The van der Waals surface area contributed by atoms with Gasteiger partial charge in [0.25, 0.3) is 0 Å². The molecule has 1 N–H and O–H groups in total. The summed E-state index contributed by atoms with van der Waals surface area (Å²) in [6.07, 6.45) is 0. The number of alkyl halides is 1. The first kappa shape index (κ1) is 13.2. The number of hydrogen-bond donors (Lipinski definition) is 1. The minimum atomic E-state index is -0.401. The highest BCUT2D eigenvalue weighted by atomic mass is 35.5. The number of nitrogens with one attached hydrogen (secondary N) is 1. The largest absolute Gasteiger partial charge is 0.381 e. The van der Waals surface area contributed by atoms with Gasteiger partial charge in [-0.2, -0.15) is 0 Å². The van der Waals surface area contributed by atoms with Gasteiger partial charge in [0, 0.05) is 18.1 Å². The lowest BCUT2D eigenvalue weighted by atomic mass is 10.1. The molecule has 4 heteroatoms. The molecule has 0 aliphatic rings. The number of benzene rings is 2. The van der Waals surface area contributed by atoms with E-state index in [1.807, 2.05) is 24.3 Å². The van der Waals surface area contributed by atoms with E-state index in [9.17, 15) is 4.39 Å². The normalized spacial score (nSPS) is 10.4. The van der Waals surface area contributed by atoms with Crippen molar-refractivity contribution in [1.29, 1.82) is 0 Å². The van der Waals surface area contributed by atoms with Gasteiger partial charge in [-0.1, -0.05) is 35.9 Å². The van der Waals surface area contributed by atoms with Gasteiger partial charge in [-0.15, -0.1) is 11.6 Å². The lowest BCUT2D eigenvalue weighted by molar-refractivity contribution is 0.626. The summed E-state index contributed by atoms with van der Waals surface area (Å²) < 4.78 is 13.3. The zero-order chi connectivity index (χ0) is 13.0. The van der Waals surface area contributed by atoms with Gasteiger partial charge in [0.1, 0.15) is 5.82 Å². The van der Waals surface area contributed by atoms with Crippen LogP contribution in [0.1, 0.15) is 11.1 Å². The van der Waals surface area contributed by atoms with E-state index in [1.54, 1.807) is 12.1 Å². The van der Waals surface area contributed by atoms with Crippen LogP contribution < -0.4 is 5.32 Å². The first-order valence-electron chi connectivity index (χ1n) is 5.52. The summed E-state index contributed by atoms with van der Waals surface area (Å²) >= 11 is 11.5. The number of hydrogen-bond acceptors (Lipinski definition) is 1. The maximum absolute atomic E-state index is 13.3. The van der Waals surface area contributed by atoms with Crippen LogP contribution in [0.4, 0.5) is 10.1 Å². The third-order valence-corrected chi connectivity index (χ3v) is 3.22. The van der Waals surface area contributed by atoms with Crippen LogP contribution in [0.3, 0.4) is 0 Å². The molecule has 0 atom stereocenters. The number of rotatable bonds is 4. The summed E-state index contributed by atoms with van der Waals surface area (Å²) in [7, 11) is 0. The maximum Gasteiger partial charge on any atom is 0.142 e. The molecule has 0 saturated carbocycles. The smallest absolute Gasteiger partial charge is 0.142 e. The van der Waals surface area contributed by atoms with Gasteiger partial charge in [0.15, 0.2) is 0 Å². The third-order valence-electron chi connectivity index (χ3n) is 2.63. The first-order chi connectivity index (χ1) is 8.70. The van der Waals surface area contributed by atoms with Crippen LogP contribution in [0.15, 0.2) is 42.5 Å². The standard InChI is InChI=1S/C14H12Cl2FN/c15-8-11-3-1-2-4-14(11)18-9-10-5-6-12(16)13(17)7-10/h1-7,18H,8-9H2. The zero-order valence-corrected chi connectivity index (χ0v) is 11.1. The van der Waals surface area contributed by atoms with Crippen LogP contribution in [0.5, 0.6) is 0 Å². The van der Waals surface area contributed by atoms with E-state index in [0.717, 1.165) is 16.8 Å². The molecule has 0 spiro atoms. The molecular weight excluding hydrogens is 272 g/mol. The Hall–Kier alpha value is -1.25. The maximum atomic E-state index is 13.3.